The van der Waals surface area contributed by atoms with Crippen molar-refractivity contribution in [2.24, 2.45) is 0 Å². The Morgan fingerprint density at radius 2 is 1.90 bits per heavy atom. The highest BCUT2D eigenvalue weighted by Crippen LogP contribution is 2.19. The minimum Gasteiger partial charge on any atom is -0.398 e. The highest BCUT2D eigenvalue weighted by molar-refractivity contribution is 7.89. The summed E-state index contributed by atoms with van der Waals surface area (Å²) in [5, 5.41) is 0. The van der Waals surface area contributed by atoms with E-state index in [1.165, 1.54) is 6.07 Å². The normalized spacial score (nSPS) is 11.5. The second kappa shape index (κ2) is 6.24. The van der Waals surface area contributed by atoms with Crippen LogP contribution in [0.2, 0.25) is 0 Å². The van der Waals surface area contributed by atoms with E-state index in [-0.39, 0.29) is 17.1 Å². The van der Waals surface area contributed by atoms with Crippen molar-refractivity contribution in [2.75, 3.05) is 12.3 Å². The van der Waals surface area contributed by atoms with Crippen LogP contribution >= 0.6 is 0 Å². The number of benzene rings is 2. The lowest BCUT2D eigenvalue weighted by atomic mass is 10.1. The summed E-state index contributed by atoms with van der Waals surface area (Å²) in [6.07, 6.45) is 0.557. The first-order valence-corrected chi connectivity index (χ1v) is 7.97. The van der Waals surface area contributed by atoms with Crippen molar-refractivity contribution >= 4 is 15.7 Å². The van der Waals surface area contributed by atoms with Crippen molar-refractivity contribution in [1.29, 1.82) is 0 Å². The van der Waals surface area contributed by atoms with Gasteiger partial charge in [0.15, 0.2) is 0 Å². The molecule has 0 aromatic heterocycles. The molecule has 0 spiro atoms. The lowest BCUT2D eigenvalue weighted by Crippen LogP contribution is -2.27. The number of rotatable bonds is 5. The number of hydrogen-bond acceptors (Lipinski definition) is 3. The molecule has 4 nitrogen and oxygen atoms in total. The molecule has 0 fully saturated rings. The average molecular weight is 308 g/mol. The van der Waals surface area contributed by atoms with Gasteiger partial charge in [0.1, 0.15) is 10.7 Å². The van der Waals surface area contributed by atoms with Crippen molar-refractivity contribution in [3.63, 3.8) is 0 Å². The van der Waals surface area contributed by atoms with Gasteiger partial charge in [-0.1, -0.05) is 24.3 Å². The van der Waals surface area contributed by atoms with E-state index >= 15 is 0 Å². The average Bonchev–Trinajstić information content (AvgIpc) is 2.43. The Morgan fingerprint density at radius 3 is 2.62 bits per heavy atom. The van der Waals surface area contributed by atoms with E-state index in [9.17, 15) is 12.8 Å². The van der Waals surface area contributed by atoms with Crippen LogP contribution in [0.5, 0.6) is 0 Å². The van der Waals surface area contributed by atoms with Crippen LogP contribution in [-0.4, -0.2) is 15.0 Å². The van der Waals surface area contributed by atoms with Crippen molar-refractivity contribution < 1.29 is 12.8 Å². The van der Waals surface area contributed by atoms with Crippen molar-refractivity contribution in [2.45, 2.75) is 18.2 Å². The predicted octanol–water partition coefficient (Wildman–Crippen LogP) is 2.24. The van der Waals surface area contributed by atoms with E-state index in [0.717, 1.165) is 23.3 Å². The van der Waals surface area contributed by atoms with Gasteiger partial charge in [-0.3, -0.25) is 0 Å². The maximum Gasteiger partial charge on any atom is 0.242 e. The number of halogens is 1. The van der Waals surface area contributed by atoms with Gasteiger partial charge in [-0.15, -0.1) is 0 Å². The van der Waals surface area contributed by atoms with Gasteiger partial charge in [0.25, 0.3) is 0 Å². The minimum atomic E-state index is -3.81. The highest BCUT2D eigenvalue weighted by Gasteiger charge is 2.17. The van der Waals surface area contributed by atoms with Crippen LogP contribution in [0.15, 0.2) is 47.4 Å². The molecule has 0 saturated heterocycles. The van der Waals surface area contributed by atoms with Crippen molar-refractivity contribution in [3.8, 4) is 0 Å². The number of hydrogen-bond donors (Lipinski definition) is 2. The summed E-state index contributed by atoms with van der Waals surface area (Å²) < 4.78 is 39.9. The fourth-order valence-corrected chi connectivity index (χ4v) is 3.20. The number of sulfonamides is 1. The monoisotopic (exact) mass is 308 g/mol. The van der Waals surface area contributed by atoms with Crippen molar-refractivity contribution in [3.05, 3.63) is 59.4 Å². The summed E-state index contributed by atoms with van der Waals surface area (Å²) in [5.41, 5.74) is 7.79. The van der Waals surface area contributed by atoms with E-state index in [0.29, 0.717) is 6.42 Å². The molecule has 0 amide bonds. The molecule has 0 heterocycles. The zero-order valence-electron chi connectivity index (χ0n) is 11.6. The van der Waals surface area contributed by atoms with Crippen LogP contribution in [0.1, 0.15) is 11.1 Å². The summed E-state index contributed by atoms with van der Waals surface area (Å²) in [7, 11) is -3.81. The molecule has 3 N–H and O–H groups in total. The molecule has 0 atom stereocenters. The summed E-state index contributed by atoms with van der Waals surface area (Å²) in [4.78, 5) is -0.229. The third-order valence-corrected chi connectivity index (χ3v) is 4.73. The highest BCUT2D eigenvalue weighted by atomic mass is 32.2. The van der Waals surface area contributed by atoms with Crippen LogP contribution < -0.4 is 10.5 Å². The summed E-state index contributed by atoms with van der Waals surface area (Å²) in [5.74, 6) is -0.636. The quantitative estimate of drug-likeness (QED) is 0.832. The maximum absolute atomic E-state index is 13.2. The van der Waals surface area contributed by atoms with Gasteiger partial charge in [-0.2, -0.15) is 0 Å². The Labute approximate surface area is 123 Å². The molecule has 112 valence electrons. The fourth-order valence-electron chi connectivity index (χ4n) is 2.03. The van der Waals surface area contributed by atoms with E-state index in [2.05, 4.69) is 4.72 Å². The van der Waals surface area contributed by atoms with E-state index in [1.54, 1.807) is 0 Å². The maximum atomic E-state index is 13.2. The number of nitrogen functional groups attached to an aromatic ring is 1. The molecule has 2 aromatic rings. The SMILES string of the molecule is Cc1ccccc1CCNS(=O)(=O)c1cc(F)ccc1N. The van der Waals surface area contributed by atoms with Gasteiger partial charge in [-0.25, -0.2) is 17.5 Å². The molecule has 0 aliphatic rings. The van der Waals surface area contributed by atoms with Gasteiger partial charge in [0.05, 0.1) is 5.69 Å². The van der Waals surface area contributed by atoms with Crippen LogP contribution in [0, 0.1) is 12.7 Å². The Bertz CT molecular complexity index is 745. The first-order valence-electron chi connectivity index (χ1n) is 6.49. The van der Waals surface area contributed by atoms with Crippen LogP contribution in [0.4, 0.5) is 10.1 Å². The standard InChI is InChI=1S/C15H17FN2O2S/c1-11-4-2-3-5-12(11)8-9-18-21(19,20)15-10-13(16)6-7-14(15)17/h2-7,10,18H,8-9,17H2,1H3. The van der Waals surface area contributed by atoms with Gasteiger partial charge in [0.2, 0.25) is 10.0 Å². The van der Waals surface area contributed by atoms with E-state index in [4.69, 9.17) is 5.73 Å². The molecule has 6 heteroatoms. The topological polar surface area (TPSA) is 72.2 Å². The molecule has 21 heavy (non-hydrogen) atoms. The Kier molecular flexibility index (Phi) is 4.59. The first-order chi connectivity index (χ1) is 9.90. The van der Waals surface area contributed by atoms with Gasteiger partial charge >= 0.3 is 0 Å². The van der Waals surface area contributed by atoms with Gasteiger partial charge < -0.3 is 5.73 Å². The molecular formula is C15H17FN2O2S. The number of nitrogens with one attached hydrogen (secondary N) is 1. The molecule has 2 rings (SSSR count). The number of aryl methyl sites for hydroxylation is 1. The van der Waals surface area contributed by atoms with Gasteiger partial charge in [0, 0.05) is 6.54 Å². The number of anilines is 1. The molecule has 0 bridgehead atoms. The first kappa shape index (κ1) is 15.5. The molecule has 0 aliphatic carbocycles. The zero-order chi connectivity index (χ0) is 15.5. The lowest BCUT2D eigenvalue weighted by Gasteiger charge is -2.10. The Morgan fingerprint density at radius 1 is 1.19 bits per heavy atom. The third-order valence-electron chi connectivity index (χ3n) is 3.21. The van der Waals surface area contributed by atoms with Crippen LogP contribution in [0.3, 0.4) is 0 Å². The fraction of sp³-hybridized carbons (Fsp3) is 0.200. The lowest BCUT2D eigenvalue weighted by molar-refractivity contribution is 0.578. The van der Waals surface area contributed by atoms with Crippen LogP contribution in [-0.2, 0) is 16.4 Å². The Hall–Kier alpha value is -1.92. The summed E-state index contributed by atoms with van der Waals surface area (Å²) in [6.45, 7) is 2.19. The largest absolute Gasteiger partial charge is 0.398 e. The number of nitrogens with two attached hydrogens (primary N) is 1. The molecule has 2 aromatic carbocycles. The smallest absolute Gasteiger partial charge is 0.242 e. The molecule has 0 unspecified atom stereocenters. The molecule has 0 saturated carbocycles. The molecule has 0 radical (unpaired) electrons. The molecular weight excluding hydrogens is 291 g/mol. The second-order valence-electron chi connectivity index (χ2n) is 4.76. The second-order valence-corrected chi connectivity index (χ2v) is 6.49. The van der Waals surface area contributed by atoms with Crippen LogP contribution in [0.25, 0.3) is 0 Å². The van der Waals surface area contributed by atoms with Gasteiger partial charge in [-0.05, 0) is 42.7 Å². The van der Waals surface area contributed by atoms with Crippen molar-refractivity contribution in [1.82, 2.24) is 4.72 Å². The summed E-state index contributed by atoms with van der Waals surface area (Å²) >= 11 is 0. The Balaban J connectivity index is 2.08. The van der Waals surface area contributed by atoms with E-state index in [1.807, 2.05) is 31.2 Å². The van der Waals surface area contributed by atoms with E-state index < -0.39 is 15.8 Å². The minimum absolute atomic E-state index is 0.0276. The summed E-state index contributed by atoms with van der Waals surface area (Å²) in [6, 6.07) is 11.0. The zero-order valence-corrected chi connectivity index (χ0v) is 12.5. The predicted molar refractivity (Wildman–Crippen MR) is 80.9 cm³/mol. The molecule has 0 aliphatic heterocycles. The third kappa shape index (κ3) is 3.80.